The van der Waals surface area contributed by atoms with Crippen molar-refractivity contribution in [2.75, 3.05) is 39.8 Å². The summed E-state index contributed by atoms with van der Waals surface area (Å²) >= 11 is 0. The molecule has 0 spiro atoms. The van der Waals surface area contributed by atoms with Gasteiger partial charge in [-0.1, -0.05) is 19.1 Å². The Morgan fingerprint density at radius 1 is 1.07 bits per heavy atom. The molecule has 7 nitrogen and oxygen atoms in total. The first kappa shape index (κ1) is 19.8. The van der Waals surface area contributed by atoms with Gasteiger partial charge in [0.25, 0.3) is 11.8 Å². The Morgan fingerprint density at radius 2 is 1.75 bits per heavy atom. The van der Waals surface area contributed by atoms with Gasteiger partial charge in [-0.25, -0.2) is 0 Å². The van der Waals surface area contributed by atoms with Gasteiger partial charge in [0.2, 0.25) is 0 Å². The predicted octanol–water partition coefficient (Wildman–Crippen LogP) is 1.80. The highest BCUT2D eigenvalue weighted by atomic mass is 16.5. The van der Waals surface area contributed by atoms with Gasteiger partial charge >= 0.3 is 0 Å². The third-order valence-electron chi connectivity index (χ3n) is 4.97. The first-order valence-corrected chi connectivity index (χ1v) is 9.48. The monoisotopic (exact) mass is 382 g/mol. The minimum atomic E-state index is -0.256. The molecule has 0 saturated carbocycles. The van der Waals surface area contributed by atoms with Gasteiger partial charge in [-0.05, 0) is 30.3 Å². The molecule has 1 saturated heterocycles. The Hall–Kier alpha value is -2.93. The molecule has 1 fully saturated rings. The highest BCUT2D eigenvalue weighted by Gasteiger charge is 2.22. The Labute approximate surface area is 165 Å². The summed E-state index contributed by atoms with van der Waals surface area (Å²) < 4.78 is 5.13. The number of likely N-dealkylation sites (N-methyl/N-ethyl adjacent to an activating group) is 1. The van der Waals surface area contributed by atoms with E-state index in [4.69, 9.17) is 4.74 Å². The number of hydrogen-bond donors (Lipinski definition) is 1. The van der Waals surface area contributed by atoms with Gasteiger partial charge in [-0.2, -0.15) is 0 Å². The second-order valence-corrected chi connectivity index (χ2v) is 6.72. The number of carbonyl (C=O) groups is 2. The van der Waals surface area contributed by atoms with Crippen LogP contribution in [0.2, 0.25) is 0 Å². The van der Waals surface area contributed by atoms with E-state index in [2.05, 4.69) is 22.1 Å². The van der Waals surface area contributed by atoms with Crippen LogP contribution in [0.3, 0.4) is 0 Å². The molecular formula is C21H26N4O3. The number of methoxy groups -OCH3 is 1. The normalized spacial score (nSPS) is 14.6. The van der Waals surface area contributed by atoms with Crippen molar-refractivity contribution in [3.05, 3.63) is 59.4 Å². The fraction of sp³-hybridized carbons (Fsp3) is 0.381. The van der Waals surface area contributed by atoms with E-state index >= 15 is 0 Å². The maximum Gasteiger partial charge on any atom is 0.255 e. The van der Waals surface area contributed by atoms with Crippen molar-refractivity contribution in [1.82, 2.24) is 20.1 Å². The molecule has 2 heterocycles. The van der Waals surface area contributed by atoms with Crippen LogP contribution in [0.25, 0.3) is 0 Å². The lowest BCUT2D eigenvalue weighted by Crippen LogP contribution is -2.48. The van der Waals surface area contributed by atoms with E-state index in [1.807, 2.05) is 29.2 Å². The molecular weight excluding hydrogens is 356 g/mol. The third-order valence-corrected chi connectivity index (χ3v) is 4.97. The lowest BCUT2D eigenvalue weighted by atomic mass is 10.1. The van der Waals surface area contributed by atoms with E-state index in [1.165, 1.54) is 12.4 Å². The van der Waals surface area contributed by atoms with Crippen LogP contribution in [0.4, 0.5) is 0 Å². The fourth-order valence-electron chi connectivity index (χ4n) is 3.16. The molecule has 2 amide bonds. The first-order chi connectivity index (χ1) is 13.6. The summed E-state index contributed by atoms with van der Waals surface area (Å²) in [4.78, 5) is 33.4. The number of piperazine rings is 1. The molecule has 3 rings (SSSR count). The van der Waals surface area contributed by atoms with Gasteiger partial charge in [-0.15, -0.1) is 0 Å². The number of hydrogen-bond acceptors (Lipinski definition) is 5. The molecule has 0 bridgehead atoms. The van der Waals surface area contributed by atoms with Crippen molar-refractivity contribution >= 4 is 11.8 Å². The number of rotatable bonds is 6. The average Bonchev–Trinajstić information content (AvgIpc) is 2.77. The topological polar surface area (TPSA) is 74.8 Å². The van der Waals surface area contributed by atoms with E-state index in [-0.39, 0.29) is 11.8 Å². The molecule has 7 heteroatoms. The van der Waals surface area contributed by atoms with E-state index in [0.717, 1.165) is 30.9 Å². The summed E-state index contributed by atoms with van der Waals surface area (Å²) in [5, 5.41) is 2.86. The van der Waals surface area contributed by atoms with E-state index in [0.29, 0.717) is 30.8 Å². The van der Waals surface area contributed by atoms with Gasteiger partial charge < -0.3 is 19.9 Å². The molecule has 1 N–H and O–H groups in total. The van der Waals surface area contributed by atoms with E-state index in [1.54, 1.807) is 13.2 Å². The van der Waals surface area contributed by atoms with E-state index in [9.17, 15) is 9.59 Å². The number of nitrogens with one attached hydrogen (secondary N) is 1. The Balaban J connectivity index is 1.60. The summed E-state index contributed by atoms with van der Waals surface area (Å²) in [6, 6.07) is 9.10. The first-order valence-electron chi connectivity index (χ1n) is 9.48. The fourth-order valence-corrected chi connectivity index (χ4v) is 3.16. The lowest BCUT2D eigenvalue weighted by molar-refractivity contribution is 0.0643. The van der Waals surface area contributed by atoms with Crippen molar-refractivity contribution in [3.63, 3.8) is 0 Å². The van der Waals surface area contributed by atoms with Gasteiger partial charge in [0.1, 0.15) is 5.75 Å². The van der Waals surface area contributed by atoms with Crippen molar-refractivity contribution in [2.24, 2.45) is 0 Å². The van der Waals surface area contributed by atoms with E-state index < -0.39 is 0 Å². The molecule has 2 aromatic rings. The number of nitrogens with zero attached hydrogens (tertiary/aromatic N) is 3. The van der Waals surface area contributed by atoms with Crippen LogP contribution >= 0.6 is 0 Å². The molecule has 1 aromatic heterocycles. The van der Waals surface area contributed by atoms with Crippen LogP contribution in [0.15, 0.2) is 42.7 Å². The summed E-state index contributed by atoms with van der Waals surface area (Å²) in [6.07, 6.45) is 3.00. The number of pyridine rings is 1. The third kappa shape index (κ3) is 4.86. The molecule has 148 valence electrons. The van der Waals surface area contributed by atoms with Crippen molar-refractivity contribution in [1.29, 1.82) is 0 Å². The molecule has 1 aromatic carbocycles. The second-order valence-electron chi connectivity index (χ2n) is 6.72. The van der Waals surface area contributed by atoms with Crippen LogP contribution in [0.1, 0.15) is 33.2 Å². The number of aromatic nitrogens is 1. The maximum absolute atomic E-state index is 12.7. The predicted molar refractivity (Wildman–Crippen MR) is 106 cm³/mol. The van der Waals surface area contributed by atoms with Gasteiger partial charge in [0.05, 0.1) is 18.2 Å². The van der Waals surface area contributed by atoms with Crippen molar-refractivity contribution in [2.45, 2.75) is 13.5 Å². The van der Waals surface area contributed by atoms with Crippen LogP contribution in [0, 0.1) is 0 Å². The minimum absolute atomic E-state index is 0.0759. The zero-order chi connectivity index (χ0) is 19.9. The molecule has 1 aliphatic heterocycles. The van der Waals surface area contributed by atoms with Crippen LogP contribution in [-0.2, 0) is 6.54 Å². The zero-order valence-electron chi connectivity index (χ0n) is 16.4. The molecule has 0 aliphatic carbocycles. The number of carbonyl (C=O) groups excluding carboxylic acids is 2. The van der Waals surface area contributed by atoms with Gasteiger partial charge in [0, 0.05) is 45.1 Å². The van der Waals surface area contributed by atoms with Crippen molar-refractivity contribution < 1.29 is 14.3 Å². The molecule has 0 unspecified atom stereocenters. The van der Waals surface area contributed by atoms with Crippen LogP contribution in [0.5, 0.6) is 5.75 Å². The van der Waals surface area contributed by atoms with Crippen LogP contribution in [-0.4, -0.2) is 66.4 Å². The SMILES string of the molecule is CCN1CCN(C(=O)c2cncc(C(=O)NCc3ccc(OC)cc3)c2)CC1. The highest BCUT2D eigenvalue weighted by Crippen LogP contribution is 2.12. The van der Waals surface area contributed by atoms with Gasteiger partial charge in [-0.3, -0.25) is 14.6 Å². The summed E-state index contributed by atoms with van der Waals surface area (Å²) in [5.74, 6) is 0.437. The van der Waals surface area contributed by atoms with Crippen LogP contribution < -0.4 is 10.1 Å². The standard InChI is InChI=1S/C21H26N4O3/c1-3-24-8-10-25(11-9-24)21(27)18-12-17(14-22-15-18)20(26)23-13-16-4-6-19(28-2)7-5-16/h4-7,12,14-15H,3,8-11,13H2,1-2H3,(H,23,26). The zero-order valence-corrected chi connectivity index (χ0v) is 16.4. The molecule has 0 radical (unpaired) electrons. The second kappa shape index (κ2) is 9.32. The van der Waals surface area contributed by atoms with Crippen molar-refractivity contribution in [3.8, 4) is 5.75 Å². The maximum atomic E-state index is 12.7. The average molecular weight is 382 g/mol. The number of ether oxygens (including phenoxy) is 1. The molecule has 28 heavy (non-hydrogen) atoms. The Kier molecular flexibility index (Phi) is 6.60. The summed E-state index contributed by atoms with van der Waals surface area (Å²) in [5.41, 5.74) is 1.79. The smallest absolute Gasteiger partial charge is 0.255 e. The molecule has 0 atom stereocenters. The lowest BCUT2D eigenvalue weighted by Gasteiger charge is -2.34. The van der Waals surface area contributed by atoms with Gasteiger partial charge in [0.15, 0.2) is 0 Å². The Morgan fingerprint density at radius 3 is 2.39 bits per heavy atom. The molecule has 1 aliphatic rings. The quantitative estimate of drug-likeness (QED) is 0.825. The largest absolute Gasteiger partial charge is 0.497 e. The Bertz CT molecular complexity index is 815. The number of benzene rings is 1. The highest BCUT2D eigenvalue weighted by molar-refractivity contribution is 5.99. The number of amides is 2. The summed E-state index contributed by atoms with van der Waals surface area (Å²) in [7, 11) is 1.61. The minimum Gasteiger partial charge on any atom is -0.497 e. The summed E-state index contributed by atoms with van der Waals surface area (Å²) in [6.45, 7) is 6.64.